The largest absolute Gasteiger partial charge is 0.399 e. The van der Waals surface area contributed by atoms with Gasteiger partial charge in [0, 0.05) is 17.8 Å². The smallest absolute Gasteiger partial charge is 0.163 e. The molecule has 1 aromatic heterocycles. The molecule has 2 rings (SSSR count). The Balaban J connectivity index is 2.50. The van der Waals surface area contributed by atoms with Crippen molar-refractivity contribution in [2.75, 3.05) is 5.73 Å². The summed E-state index contributed by atoms with van der Waals surface area (Å²) in [5, 5.41) is 8.00. The van der Waals surface area contributed by atoms with Gasteiger partial charge in [0.15, 0.2) is 5.82 Å². The number of hydrogen-bond donors (Lipinski definition) is 1. The van der Waals surface area contributed by atoms with Crippen LogP contribution in [0, 0.1) is 6.92 Å². The molecular formula is C11H14N4. The fourth-order valence-corrected chi connectivity index (χ4v) is 1.52. The molecule has 2 N–H and O–H groups in total. The maximum atomic E-state index is 5.77. The molecule has 0 aliphatic carbocycles. The molecule has 1 heterocycles. The summed E-state index contributed by atoms with van der Waals surface area (Å²) in [5.74, 6) is 0.889. The molecule has 0 radical (unpaired) electrons. The van der Waals surface area contributed by atoms with Gasteiger partial charge in [-0.25, -0.2) is 0 Å². The lowest BCUT2D eigenvalue weighted by Crippen LogP contribution is -1.97. The van der Waals surface area contributed by atoms with E-state index in [1.54, 1.807) is 6.33 Å². The summed E-state index contributed by atoms with van der Waals surface area (Å²) in [6, 6.07) is 5.91. The van der Waals surface area contributed by atoms with E-state index in [2.05, 4.69) is 17.1 Å². The van der Waals surface area contributed by atoms with Gasteiger partial charge in [-0.1, -0.05) is 0 Å². The molecule has 0 bridgehead atoms. The summed E-state index contributed by atoms with van der Waals surface area (Å²) < 4.78 is 2.00. The molecule has 4 heteroatoms. The van der Waals surface area contributed by atoms with E-state index in [0.717, 1.165) is 29.2 Å². The van der Waals surface area contributed by atoms with E-state index in [1.165, 1.54) is 0 Å². The van der Waals surface area contributed by atoms with Gasteiger partial charge in [-0.3, -0.25) is 0 Å². The van der Waals surface area contributed by atoms with Crippen molar-refractivity contribution in [1.29, 1.82) is 0 Å². The first kappa shape index (κ1) is 9.71. The summed E-state index contributed by atoms with van der Waals surface area (Å²) in [7, 11) is 0. The van der Waals surface area contributed by atoms with Crippen LogP contribution in [0.3, 0.4) is 0 Å². The summed E-state index contributed by atoms with van der Waals surface area (Å²) in [5.41, 5.74) is 8.70. The second-order valence-electron chi connectivity index (χ2n) is 3.51. The quantitative estimate of drug-likeness (QED) is 0.756. The van der Waals surface area contributed by atoms with Crippen molar-refractivity contribution in [1.82, 2.24) is 14.8 Å². The van der Waals surface area contributed by atoms with Gasteiger partial charge < -0.3 is 10.3 Å². The van der Waals surface area contributed by atoms with Gasteiger partial charge in [0.1, 0.15) is 6.33 Å². The van der Waals surface area contributed by atoms with Crippen LogP contribution in [0.25, 0.3) is 11.4 Å². The van der Waals surface area contributed by atoms with Crippen molar-refractivity contribution in [2.24, 2.45) is 0 Å². The third-order valence-electron chi connectivity index (χ3n) is 2.48. The SMILES string of the molecule is CCn1cnnc1-c1ccc(N)c(C)c1. The number of nitrogen functional groups attached to an aromatic ring is 1. The van der Waals surface area contributed by atoms with Gasteiger partial charge in [-0.05, 0) is 37.6 Å². The van der Waals surface area contributed by atoms with Gasteiger partial charge in [0.05, 0.1) is 0 Å². The van der Waals surface area contributed by atoms with E-state index in [4.69, 9.17) is 5.73 Å². The zero-order valence-electron chi connectivity index (χ0n) is 8.94. The second-order valence-corrected chi connectivity index (χ2v) is 3.51. The molecule has 78 valence electrons. The number of benzene rings is 1. The molecule has 0 amide bonds. The summed E-state index contributed by atoms with van der Waals surface area (Å²) in [4.78, 5) is 0. The van der Waals surface area contributed by atoms with E-state index in [1.807, 2.05) is 29.7 Å². The molecule has 0 aliphatic rings. The Labute approximate surface area is 88.8 Å². The predicted octanol–water partition coefficient (Wildman–Crippen LogP) is 1.86. The maximum Gasteiger partial charge on any atom is 0.163 e. The molecule has 0 aliphatic heterocycles. The highest BCUT2D eigenvalue weighted by Crippen LogP contribution is 2.21. The van der Waals surface area contributed by atoms with E-state index in [9.17, 15) is 0 Å². The van der Waals surface area contributed by atoms with Crippen LogP contribution in [0.5, 0.6) is 0 Å². The van der Waals surface area contributed by atoms with Crippen LogP contribution < -0.4 is 5.73 Å². The molecule has 0 saturated heterocycles. The Morgan fingerprint density at radius 2 is 2.20 bits per heavy atom. The third-order valence-corrected chi connectivity index (χ3v) is 2.48. The van der Waals surface area contributed by atoms with E-state index in [-0.39, 0.29) is 0 Å². The van der Waals surface area contributed by atoms with Crippen molar-refractivity contribution >= 4 is 5.69 Å². The molecule has 0 fully saturated rings. The van der Waals surface area contributed by atoms with E-state index >= 15 is 0 Å². The highest BCUT2D eigenvalue weighted by atomic mass is 15.3. The predicted molar refractivity (Wildman–Crippen MR) is 60.3 cm³/mol. The topological polar surface area (TPSA) is 56.7 Å². The van der Waals surface area contributed by atoms with Crippen LogP contribution in [0.15, 0.2) is 24.5 Å². The van der Waals surface area contributed by atoms with Gasteiger partial charge in [-0.2, -0.15) is 0 Å². The molecule has 0 unspecified atom stereocenters. The first-order valence-electron chi connectivity index (χ1n) is 4.96. The standard InChI is InChI=1S/C11H14N4/c1-3-15-7-13-14-11(15)9-4-5-10(12)8(2)6-9/h4-7H,3,12H2,1-2H3. The molecular weight excluding hydrogens is 188 g/mol. The van der Waals surface area contributed by atoms with Crippen LogP contribution >= 0.6 is 0 Å². The lowest BCUT2D eigenvalue weighted by atomic mass is 10.1. The number of anilines is 1. The third kappa shape index (κ3) is 1.70. The van der Waals surface area contributed by atoms with Gasteiger partial charge >= 0.3 is 0 Å². The summed E-state index contributed by atoms with van der Waals surface area (Å²) in [6.07, 6.45) is 1.74. The normalized spacial score (nSPS) is 10.5. The molecule has 15 heavy (non-hydrogen) atoms. The molecule has 2 aromatic rings. The van der Waals surface area contributed by atoms with Gasteiger partial charge in [-0.15, -0.1) is 10.2 Å². The van der Waals surface area contributed by atoms with Gasteiger partial charge in [0.2, 0.25) is 0 Å². The van der Waals surface area contributed by atoms with Crippen LogP contribution in [0.4, 0.5) is 5.69 Å². The Morgan fingerprint density at radius 1 is 1.40 bits per heavy atom. The Kier molecular flexibility index (Phi) is 2.41. The van der Waals surface area contributed by atoms with Gasteiger partial charge in [0.25, 0.3) is 0 Å². The lowest BCUT2D eigenvalue weighted by molar-refractivity contribution is 0.767. The number of rotatable bonds is 2. The van der Waals surface area contributed by atoms with E-state index in [0.29, 0.717) is 0 Å². The first-order valence-corrected chi connectivity index (χ1v) is 4.96. The van der Waals surface area contributed by atoms with E-state index < -0.39 is 0 Å². The summed E-state index contributed by atoms with van der Waals surface area (Å²) >= 11 is 0. The van der Waals surface area contributed by atoms with Crippen LogP contribution in [0.1, 0.15) is 12.5 Å². The number of hydrogen-bond acceptors (Lipinski definition) is 3. The number of nitrogens with zero attached hydrogens (tertiary/aromatic N) is 3. The average Bonchev–Trinajstić information content (AvgIpc) is 2.70. The minimum atomic E-state index is 0.807. The summed E-state index contributed by atoms with van der Waals surface area (Å²) in [6.45, 7) is 4.92. The monoisotopic (exact) mass is 202 g/mol. The van der Waals surface area contributed by atoms with Crippen molar-refractivity contribution < 1.29 is 0 Å². The fourth-order valence-electron chi connectivity index (χ4n) is 1.52. The Bertz CT molecular complexity index is 473. The minimum Gasteiger partial charge on any atom is -0.399 e. The molecule has 0 saturated carbocycles. The second kappa shape index (κ2) is 3.73. The molecule has 0 atom stereocenters. The zero-order chi connectivity index (χ0) is 10.8. The van der Waals surface area contributed by atoms with Crippen molar-refractivity contribution in [3.63, 3.8) is 0 Å². The maximum absolute atomic E-state index is 5.77. The van der Waals surface area contributed by atoms with Crippen LogP contribution in [0.2, 0.25) is 0 Å². The van der Waals surface area contributed by atoms with Crippen molar-refractivity contribution in [3.8, 4) is 11.4 Å². The molecule has 4 nitrogen and oxygen atoms in total. The Hall–Kier alpha value is -1.84. The first-order chi connectivity index (χ1) is 7.22. The number of aryl methyl sites for hydroxylation is 2. The number of nitrogens with two attached hydrogens (primary N) is 1. The minimum absolute atomic E-state index is 0.807. The van der Waals surface area contributed by atoms with Crippen molar-refractivity contribution in [3.05, 3.63) is 30.1 Å². The zero-order valence-corrected chi connectivity index (χ0v) is 8.94. The lowest BCUT2D eigenvalue weighted by Gasteiger charge is -2.05. The Morgan fingerprint density at radius 3 is 2.87 bits per heavy atom. The number of aromatic nitrogens is 3. The average molecular weight is 202 g/mol. The molecule has 1 aromatic carbocycles. The fraction of sp³-hybridized carbons (Fsp3) is 0.273. The molecule has 0 spiro atoms. The van der Waals surface area contributed by atoms with Crippen LogP contribution in [-0.4, -0.2) is 14.8 Å². The van der Waals surface area contributed by atoms with Crippen molar-refractivity contribution in [2.45, 2.75) is 20.4 Å². The highest BCUT2D eigenvalue weighted by molar-refractivity contribution is 5.62. The van der Waals surface area contributed by atoms with Crippen LogP contribution in [-0.2, 0) is 6.54 Å². The highest BCUT2D eigenvalue weighted by Gasteiger charge is 2.06.